The first-order valence-electron chi connectivity index (χ1n) is 5.99. The zero-order valence-electron chi connectivity index (χ0n) is 10.6. The van der Waals surface area contributed by atoms with Gasteiger partial charge in [0.1, 0.15) is 0 Å². The van der Waals surface area contributed by atoms with Crippen LogP contribution in [-0.4, -0.2) is 23.5 Å². The van der Waals surface area contributed by atoms with E-state index < -0.39 is 0 Å². The van der Waals surface area contributed by atoms with Crippen LogP contribution in [-0.2, 0) is 4.74 Å². The van der Waals surface area contributed by atoms with Crippen molar-refractivity contribution >= 4 is 22.6 Å². The summed E-state index contributed by atoms with van der Waals surface area (Å²) in [5, 5.41) is 4.43. The summed E-state index contributed by atoms with van der Waals surface area (Å²) in [6.07, 6.45) is 5.00. The summed E-state index contributed by atoms with van der Waals surface area (Å²) in [5.74, 6) is 0. The molecular weight excluding hydrogens is 339 g/mol. The minimum Gasteiger partial charge on any atom is -0.385 e. The fourth-order valence-corrected chi connectivity index (χ4v) is 2.15. The van der Waals surface area contributed by atoms with Crippen molar-refractivity contribution in [2.24, 2.45) is 0 Å². The van der Waals surface area contributed by atoms with Crippen LogP contribution < -0.4 is 0 Å². The fraction of sp³-hybridized carbons (Fsp3) is 0.357. The van der Waals surface area contributed by atoms with Crippen LogP contribution in [0.15, 0.2) is 36.7 Å². The van der Waals surface area contributed by atoms with Gasteiger partial charge in [-0.3, -0.25) is 4.68 Å². The Morgan fingerprint density at radius 3 is 2.67 bits per heavy atom. The highest BCUT2D eigenvalue weighted by atomic mass is 127. The third kappa shape index (κ3) is 3.32. The number of halogens is 1. The molecule has 0 bridgehead atoms. The molecular formula is C14H17IN2O. The molecule has 3 nitrogen and oxygen atoms in total. The van der Waals surface area contributed by atoms with Crippen molar-refractivity contribution in [2.75, 3.05) is 13.7 Å². The van der Waals surface area contributed by atoms with Gasteiger partial charge >= 0.3 is 0 Å². The fourth-order valence-electron chi connectivity index (χ4n) is 1.79. The number of hydrogen-bond acceptors (Lipinski definition) is 2. The van der Waals surface area contributed by atoms with Gasteiger partial charge in [-0.25, -0.2) is 0 Å². The first kappa shape index (κ1) is 13.5. The van der Waals surface area contributed by atoms with E-state index in [9.17, 15) is 0 Å². The van der Waals surface area contributed by atoms with E-state index in [-0.39, 0.29) is 0 Å². The van der Waals surface area contributed by atoms with E-state index >= 15 is 0 Å². The first-order chi connectivity index (χ1) is 8.70. The largest absolute Gasteiger partial charge is 0.385 e. The predicted molar refractivity (Wildman–Crippen MR) is 81.6 cm³/mol. The van der Waals surface area contributed by atoms with Crippen molar-refractivity contribution in [1.82, 2.24) is 9.78 Å². The van der Waals surface area contributed by atoms with E-state index in [1.165, 1.54) is 9.13 Å². The minimum atomic E-state index is 0.363. The highest BCUT2D eigenvalue weighted by molar-refractivity contribution is 14.1. The maximum absolute atomic E-state index is 5.10. The Hall–Kier alpha value is -0.880. The third-order valence-electron chi connectivity index (χ3n) is 2.97. The molecule has 0 fully saturated rings. The molecule has 96 valence electrons. The molecule has 0 N–H and O–H groups in total. The average Bonchev–Trinajstić information content (AvgIpc) is 2.86. The quantitative estimate of drug-likeness (QED) is 0.763. The van der Waals surface area contributed by atoms with Crippen LogP contribution in [0.25, 0.3) is 11.1 Å². The number of nitrogens with zero attached hydrogens (tertiary/aromatic N) is 2. The Morgan fingerprint density at radius 2 is 2.00 bits per heavy atom. The molecule has 2 aromatic rings. The van der Waals surface area contributed by atoms with E-state index in [1.54, 1.807) is 7.11 Å². The van der Waals surface area contributed by atoms with Gasteiger partial charge in [0.2, 0.25) is 0 Å². The molecule has 0 saturated carbocycles. The second-order valence-corrected chi connectivity index (χ2v) is 5.59. The normalized spacial score (nSPS) is 12.6. The SMILES string of the molecule is COCCC(C)n1cc(-c2ccc(I)cc2)cn1. The van der Waals surface area contributed by atoms with Crippen LogP contribution in [0.3, 0.4) is 0 Å². The third-order valence-corrected chi connectivity index (χ3v) is 3.69. The number of ether oxygens (including phenoxy) is 1. The summed E-state index contributed by atoms with van der Waals surface area (Å²) >= 11 is 2.31. The van der Waals surface area contributed by atoms with Gasteiger partial charge in [-0.05, 0) is 53.6 Å². The van der Waals surface area contributed by atoms with E-state index in [2.05, 4.69) is 65.1 Å². The molecule has 18 heavy (non-hydrogen) atoms. The molecule has 0 spiro atoms. The maximum atomic E-state index is 5.10. The van der Waals surface area contributed by atoms with Crippen LogP contribution in [0.4, 0.5) is 0 Å². The lowest BCUT2D eigenvalue weighted by Gasteiger charge is -2.10. The van der Waals surface area contributed by atoms with Gasteiger partial charge in [0.25, 0.3) is 0 Å². The maximum Gasteiger partial charge on any atom is 0.0568 e. The number of aromatic nitrogens is 2. The summed E-state index contributed by atoms with van der Waals surface area (Å²) in [7, 11) is 1.73. The molecule has 0 aliphatic carbocycles. The number of methoxy groups -OCH3 is 1. The first-order valence-corrected chi connectivity index (χ1v) is 7.07. The van der Waals surface area contributed by atoms with Crippen LogP contribution >= 0.6 is 22.6 Å². The van der Waals surface area contributed by atoms with Crippen molar-refractivity contribution in [1.29, 1.82) is 0 Å². The molecule has 4 heteroatoms. The number of hydrogen-bond donors (Lipinski definition) is 0. The van der Waals surface area contributed by atoms with Gasteiger partial charge in [-0.15, -0.1) is 0 Å². The summed E-state index contributed by atoms with van der Waals surface area (Å²) in [4.78, 5) is 0. The van der Waals surface area contributed by atoms with Crippen molar-refractivity contribution in [3.05, 3.63) is 40.2 Å². The van der Waals surface area contributed by atoms with Gasteiger partial charge < -0.3 is 4.74 Å². The van der Waals surface area contributed by atoms with Crippen molar-refractivity contribution in [2.45, 2.75) is 19.4 Å². The standard InChI is InChI=1S/C14H17IN2O/c1-11(7-8-18-2)17-10-13(9-16-17)12-3-5-14(15)6-4-12/h3-6,9-11H,7-8H2,1-2H3. The van der Waals surface area contributed by atoms with Crippen molar-refractivity contribution < 1.29 is 4.74 Å². The Bertz CT molecular complexity index is 493. The Morgan fingerprint density at radius 1 is 1.28 bits per heavy atom. The van der Waals surface area contributed by atoms with E-state index in [0.29, 0.717) is 6.04 Å². The van der Waals surface area contributed by atoms with Gasteiger partial charge in [0.05, 0.1) is 12.2 Å². The lowest BCUT2D eigenvalue weighted by molar-refractivity contribution is 0.178. The molecule has 0 radical (unpaired) electrons. The molecule has 2 rings (SSSR count). The van der Waals surface area contributed by atoms with E-state index in [1.807, 2.05) is 10.9 Å². The lowest BCUT2D eigenvalue weighted by atomic mass is 10.1. The average molecular weight is 356 g/mol. The van der Waals surface area contributed by atoms with Crippen LogP contribution in [0.1, 0.15) is 19.4 Å². The molecule has 0 aliphatic rings. The second-order valence-electron chi connectivity index (χ2n) is 4.35. The number of benzene rings is 1. The molecule has 0 amide bonds. The monoisotopic (exact) mass is 356 g/mol. The van der Waals surface area contributed by atoms with Gasteiger partial charge in [0, 0.05) is 29.0 Å². The smallest absolute Gasteiger partial charge is 0.0568 e. The van der Waals surface area contributed by atoms with Crippen LogP contribution in [0, 0.1) is 3.57 Å². The minimum absolute atomic E-state index is 0.363. The highest BCUT2D eigenvalue weighted by Gasteiger charge is 2.07. The molecule has 1 unspecified atom stereocenters. The molecule has 1 aromatic heterocycles. The van der Waals surface area contributed by atoms with Gasteiger partial charge in [-0.2, -0.15) is 5.10 Å². The van der Waals surface area contributed by atoms with E-state index in [4.69, 9.17) is 4.74 Å². The predicted octanol–water partition coefficient (Wildman–Crippen LogP) is 3.75. The zero-order chi connectivity index (χ0) is 13.0. The Labute approximate surface area is 121 Å². The van der Waals surface area contributed by atoms with E-state index in [0.717, 1.165) is 18.6 Å². The van der Waals surface area contributed by atoms with Gasteiger partial charge in [-0.1, -0.05) is 12.1 Å². The zero-order valence-corrected chi connectivity index (χ0v) is 12.8. The molecule has 0 aliphatic heterocycles. The van der Waals surface area contributed by atoms with Crippen molar-refractivity contribution in [3.8, 4) is 11.1 Å². The molecule has 1 atom stereocenters. The molecule has 0 saturated heterocycles. The summed E-state index contributed by atoms with van der Waals surface area (Å²) in [5.41, 5.74) is 2.37. The molecule has 1 heterocycles. The van der Waals surface area contributed by atoms with Crippen LogP contribution in [0.5, 0.6) is 0 Å². The number of rotatable bonds is 5. The Kier molecular flexibility index (Phi) is 4.77. The lowest BCUT2D eigenvalue weighted by Crippen LogP contribution is -2.07. The molecule has 1 aromatic carbocycles. The Balaban J connectivity index is 2.12. The van der Waals surface area contributed by atoms with Crippen molar-refractivity contribution in [3.63, 3.8) is 0 Å². The summed E-state index contributed by atoms with van der Waals surface area (Å²) in [6.45, 7) is 2.92. The topological polar surface area (TPSA) is 27.1 Å². The summed E-state index contributed by atoms with van der Waals surface area (Å²) in [6, 6.07) is 8.84. The van der Waals surface area contributed by atoms with Crippen LogP contribution in [0.2, 0.25) is 0 Å². The van der Waals surface area contributed by atoms with Gasteiger partial charge in [0.15, 0.2) is 0 Å². The second kappa shape index (κ2) is 6.33. The summed E-state index contributed by atoms with van der Waals surface area (Å²) < 4.78 is 8.35. The highest BCUT2D eigenvalue weighted by Crippen LogP contribution is 2.21.